The summed E-state index contributed by atoms with van der Waals surface area (Å²) < 4.78 is 0. The maximum absolute atomic E-state index is 13.2. The van der Waals surface area contributed by atoms with Gasteiger partial charge in [-0.05, 0) is 56.7 Å². The van der Waals surface area contributed by atoms with Crippen molar-refractivity contribution in [2.45, 2.75) is 64.8 Å². The van der Waals surface area contributed by atoms with Crippen molar-refractivity contribution in [3.8, 4) is 0 Å². The van der Waals surface area contributed by atoms with Crippen LogP contribution in [0.15, 0.2) is 24.3 Å². The lowest BCUT2D eigenvalue weighted by Crippen LogP contribution is -2.60. The van der Waals surface area contributed by atoms with E-state index in [0.29, 0.717) is 29.8 Å². The summed E-state index contributed by atoms with van der Waals surface area (Å²) in [6.45, 7) is 3.64. The Kier molecular flexibility index (Phi) is 7.36. The number of carbonyl (C=O) groups excluding carboxylic acids is 4. The molecule has 166 valence electrons. The highest BCUT2D eigenvalue weighted by molar-refractivity contribution is 6.07. The fraction of sp³-hybridized carbons (Fsp3) is 0.542. The van der Waals surface area contributed by atoms with Crippen LogP contribution in [0.4, 0.5) is 0 Å². The number of amides is 3. The maximum atomic E-state index is 13.2. The van der Waals surface area contributed by atoms with Crippen molar-refractivity contribution in [2.75, 3.05) is 6.54 Å². The highest BCUT2D eigenvalue weighted by Crippen LogP contribution is 2.35. The number of carbonyl (C=O) groups is 4. The van der Waals surface area contributed by atoms with Crippen molar-refractivity contribution in [1.82, 2.24) is 10.2 Å². The molecule has 0 bridgehead atoms. The first-order valence-electron chi connectivity index (χ1n) is 11.1. The largest absolute Gasteiger partial charge is 0.330 e. The summed E-state index contributed by atoms with van der Waals surface area (Å²) in [4.78, 5) is 51.7. The van der Waals surface area contributed by atoms with E-state index in [2.05, 4.69) is 5.32 Å². The number of imide groups is 1. The van der Waals surface area contributed by atoms with Gasteiger partial charge in [-0.2, -0.15) is 0 Å². The molecule has 3 rings (SSSR count). The van der Waals surface area contributed by atoms with E-state index in [-0.39, 0.29) is 29.9 Å². The number of rotatable bonds is 7. The maximum Gasteiger partial charge on any atom is 0.257 e. The molecule has 0 unspecified atom stereocenters. The minimum absolute atomic E-state index is 0.00997. The van der Waals surface area contributed by atoms with Crippen molar-refractivity contribution in [2.24, 2.45) is 11.8 Å². The zero-order valence-corrected chi connectivity index (χ0v) is 18.3. The Morgan fingerprint density at radius 3 is 2.13 bits per heavy atom. The predicted molar refractivity (Wildman–Crippen MR) is 117 cm³/mol. The second-order valence-electron chi connectivity index (χ2n) is 8.77. The summed E-state index contributed by atoms with van der Waals surface area (Å²) in [5.41, 5.74) is 1.43. The fourth-order valence-corrected chi connectivity index (χ4v) is 4.58. The number of nitrogens with one attached hydrogen (secondary N) is 2. The number of benzene rings is 1. The monoisotopic (exact) mass is 425 g/mol. The number of Topliss-reactive ketones (excluding diaryl/α,β-unsaturated/α-hetero) is 1. The molecule has 1 heterocycles. The van der Waals surface area contributed by atoms with Crippen molar-refractivity contribution in [3.05, 3.63) is 35.4 Å². The molecule has 1 saturated carbocycles. The number of nitrogens with zero attached hydrogens (tertiary/aromatic N) is 1. The first-order valence-corrected chi connectivity index (χ1v) is 11.1. The van der Waals surface area contributed by atoms with E-state index < -0.39 is 17.9 Å². The molecule has 2 fully saturated rings. The summed E-state index contributed by atoms with van der Waals surface area (Å²) in [5, 5.41) is 10.0. The van der Waals surface area contributed by atoms with Gasteiger partial charge in [0.2, 0.25) is 11.8 Å². The minimum atomic E-state index is -0.669. The molecule has 31 heavy (non-hydrogen) atoms. The summed E-state index contributed by atoms with van der Waals surface area (Å²) in [6.07, 6.45) is 5.91. The first kappa shape index (κ1) is 22.8. The molecule has 7 nitrogen and oxygen atoms in total. The molecular formula is C24H31N3O4. The minimum Gasteiger partial charge on any atom is -0.330 e. The van der Waals surface area contributed by atoms with E-state index in [0.717, 1.165) is 32.1 Å². The summed E-state index contributed by atoms with van der Waals surface area (Å²) >= 11 is 0. The van der Waals surface area contributed by atoms with Crippen molar-refractivity contribution < 1.29 is 19.2 Å². The van der Waals surface area contributed by atoms with Crippen molar-refractivity contribution in [3.63, 3.8) is 0 Å². The topological polar surface area (TPSA) is 107 Å². The van der Waals surface area contributed by atoms with Crippen LogP contribution < -0.4 is 5.32 Å². The molecule has 2 atom stereocenters. The molecule has 1 saturated heterocycles. The van der Waals surface area contributed by atoms with Crippen molar-refractivity contribution in [1.29, 1.82) is 5.41 Å². The number of hydrogen-bond acceptors (Lipinski definition) is 5. The van der Waals surface area contributed by atoms with Crippen LogP contribution in [-0.2, 0) is 14.4 Å². The van der Waals surface area contributed by atoms with E-state index in [1.807, 2.05) is 0 Å². The normalized spacial score (nSPS) is 19.8. The Balaban J connectivity index is 1.63. The Bertz CT molecular complexity index is 871. The van der Waals surface area contributed by atoms with Gasteiger partial charge in [0, 0.05) is 30.2 Å². The lowest BCUT2D eigenvalue weighted by Gasteiger charge is -2.43. The number of ketones is 1. The summed E-state index contributed by atoms with van der Waals surface area (Å²) in [5.74, 6) is -1.34. The van der Waals surface area contributed by atoms with Crippen LogP contribution in [0, 0.1) is 17.2 Å². The van der Waals surface area contributed by atoms with Crippen LogP contribution in [-0.4, -0.2) is 46.7 Å². The third kappa shape index (κ3) is 5.46. The third-order valence-electron chi connectivity index (χ3n) is 6.47. The summed E-state index contributed by atoms with van der Waals surface area (Å²) in [7, 11) is 0. The number of hydrogen-bond donors (Lipinski definition) is 2. The molecule has 1 aliphatic carbocycles. The molecule has 2 aliphatic rings. The summed E-state index contributed by atoms with van der Waals surface area (Å²) in [6, 6.07) is 5.81. The second-order valence-corrected chi connectivity index (χ2v) is 8.77. The Hall–Kier alpha value is -2.83. The molecular weight excluding hydrogens is 394 g/mol. The molecule has 1 aromatic carbocycles. The zero-order chi connectivity index (χ0) is 22.5. The van der Waals surface area contributed by atoms with E-state index in [4.69, 9.17) is 5.41 Å². The predicted octanol–water partition coefficient (Wildman–Crippen LogP) is 3.11. The Labute approximate surface area is 183 Å². The van der Waals surface area contributed by atoms with Gasteiger partial charge in [0.05, 0.1) is 0 Å². The molecule has 2 N–H and O–H groups in total. The second kappa shape index (κ2) is 9.98. The van der Waals surface area contributed by atoms with Crippen LogP contribution in [0.5, 0.6) is 0 Å². The highest BCUT2D eigenvalue weighted by atomic mass is 16.2. The van der Waals surface area contributed by atoms with Gasteiger partial charge in [0.15, 0.2) is 0 Å². The van der Waals surface area contributed by atoms with E-state index in [1.165, 1.54) is 11.8 Å². The van der Waals surface area contributed by atoms with Crippen LogP contribution in [0.1, 0.15) is 74.7 Å². The molecule has 1 aromatic rings. The van der Waals surface area contributed by atoms with Gasteiger partial charge in [0.25, 0.3) is 5.91 Å². The lowest BCUT2D eigenvalue weighted by molar-refractivity contribution is -0.153. The quantitative estimate of drug-likeness (QED) is 0.517. The van der Waals surface area contributed by atoms with Gasteiger partial charge in [-0.3, -0.25) is 19.7 Å². The molecule has 0 aromatic heterocycles. The van der Waals surface area contributed by atoms with Crippen molar-refractivity contribution >= 4 is 29.2 Å². The molecule has 7 heteroatoms. The van der Waals surface area contributed by atoms with Crippen LogP contribution in [0.3, 0.4) is 0 Å². The van der Waals surface area contributed by atoms with Gasteiger partial charge in [-0.15, -0.1) is 0 Å². The van der Waals surface area contributed by atoms with Gasteiger partial charge < -0.3 is 15.1 Å². The standard InChI is InChI=1S/C24H31N3O4/c1-15(28)14-20(18-6-4-3-5-7-18)24(31)27-13-12-21(27)23(30)26-22(29)19-10-8-17(9-11-19)16(2)25/h8-11,18,20-21,25H,3-7,12-14H2,1-2H3,(H,26,29,30)/t20-,21+/m1/s1. The average Bonchev–Trinajstić information content (AvgIpc) is 2.71. The van der Waals surface area contributed by atoms with Gasteiger partial charge in [-0.1, -0.05) is 31.4 Å². The van der Waals surface area contributed by atoms with Crippen LogP contribution in [0.25, 0.3) is 0 Å². The van der Waals surface area contributed by atoms with Gasteiger partial charge in [0.1, 0.15) is 11.8 Å². The van der Waals surface area contributed by atoms with Crippen LogP contribution >= 0.6 is 0 Å². The molecule has 1 aliphatic heterocycles. The Morgan fingerprint density at radius 2 is 1.61 bits per heavy atom. The fourth-order valence-electron chi connectivity index (χ4n) is 4.58. The van der Waals surface area contributed by atoms with Gasteiger partial charge >= 0.3 is 0 Å². The molecule has 3 amide bonds. The SMILES string of the molecule is CC(=N)c1ccc(C(=O)NC(=O)[C@@H]2CCN2C(=O)[C@H](CC(C)=O)C2CCCCC2)cc1. The third-order valence-corrected chi connectivity index (χ3v) is 6.47. The molecule has 0 spiro atoms. The lowest BCUT2D eigenvalue weighted by atomic mass is 9.76. The smallest absolute Gasteiger partial charge is 0.257 e. The highest BCUT2D eigenvalue weighted by Gasteiger charge is 2.43. The average molecular weight is 426 g/mol. The van der Waals surface area contributed by atoms with E-state index in [1.54, 1.807) is 31.2 Å². The van der Waals surface area contributed by atoms with E-state index >= 15 is 0 Å². The van der Waals surface area contributed by atoms with Crippen LogP contribution in [0.2, 0.25) is 0 Å². The zero-order valence-electron chi connectivity index (χ0n) is 18.3. The molecule has 0 radical (unpaired) electrons. The van der Waals surface area contributed by atoms with E-state index in [9.17, 15) is 19.2 Å². The number of likely N-dealkylation sites (tertiary alicyclic amines) is 1. The first-order chi connectivity index (χ1) is 14.8. The van der Waals surface area contributed by atoms with Gasteiger partial charge in [-0.25, -0.2) is 0 Å². The Morgan fingerprint density at radius 1 is 1.00 bits per heavy atom.